The number of aliphatic hydroxyl groups is 8. The molecule has 12 atom stereocenters. The van der Waals surface area contributed by atoms with Crippen LogP contribution in [0, 0.1) is 0 Å². The fraction of sp³-hybridized carbons (Fsp3) is 0.810. The molecular weight excluding hydrogens is 919 g/mol. The number of amides is 1. The van der Waals surface area contributed by atoms with E-state index in [2.05, 4.69) is 54.8 Å². The van der Waals surface area contributed by atoms with Crippen molar-refractivity contribution in [1.29, 1.82) is 0 Å². The Balaban J connectivity index is 1.65. The summed E-state index contributed by atoms with van der Waals surface area (Å²) in [5.41, 5.74) is 0. The minimum atomic E-state index is -1.79. The van der Waals surface area contributed by atoms with Crippen molar-refractivity contribution in [3.05, 3.63) is 60.8 Å². The summed E-state index contributed by atoms with van der Waals surface area (Å²) in [5, 5.41) is 86.6. The van der Waals surface area contributed by atoms with E-state index in [1.807, 2.05) is 19.1 Å². The maximum absolute atomic E-state index is 13.2. The molecule has 0 bridgehead atoms. The highest BCUT2D eigenvalue weighted by Crippen LogP contribution is 2.30. The van der Waals surface area contributed by atoms with Gasteiger partial charge in [0, 0.05) is 6.42 Å². The number of carbonyl (C=O) groups excluding carboxylic acids is 1. The quantitative estimate of drug-likeness (QED) is 0.0205. The van der Waals surface area contributed by atoms with Gasteiger partial charge in [-0.25, -0.2) is 0 Å². The van der Waals surface area contributed by atoms with Crippen LogP contribution in [0.2, 0.25) is 0 Å². The first-order chi connectivity index (χ1) is 35.1. The van der Waals surface area contributed by atoms with Gasteiger partial charge in [-0.1, -0.05) is 190 Å². The third kappa shape index (κ3) is 29.7. The van der Waals surface area contributed by atoms with E-state index in [4.69, 9.17) is 18.9 Å². The summed E-state index contributed by atoms with van der Waals surface area (Å²) in [6.45, 7) is 2.51. The average Bonchev–Trinajstić information content (AvgIpc) is 3.38. The molecule has 2 fully saturated rings. The molecule has 2 aliphatic rings. The molecule has 0 radical (unpaired) electrons. The van der Waals surface area contributed by atoms with Crippen LogP contribution in [0.15, 0.2) is 60.8 Å². The van der Waals surface area contributed by atoms with Crippen LogP contribution in [0.4, 0.5) is 0 Å². The molecule has 2 saturated heterocycles. The molecule has 14 nitrogen and oxygen atoms in total. The van der Waals surface area contributed by atoms with Gasteiger partial charge in [0.25, 0.3) is 0 Å². The first kappa shape index (κ1) is 65.8. The van der Waals surface area contributed by atoms with E-state index in [-0.39, 0.29) is 18.9 Å². The summed E-state index contributed by atoms with van der Waals surface area (Å²) in [5.74, 6) is -0.257. The summed E-state index contributed by atoms with van der Waals surface area (Å²) in [6.07, 6.45) is 38.9. The highest BCUT2D eigenvalue weighted by Gasteiger charge is 2.51. The lowest BCUT2D eigenvalue weighted by Gasteiger charge is -2.46. The Labute approximate surface area is 435 Å². The second kappa shape index (κ2) is 43.9. The van der Waals surface area contributed by atoms with Gasteiger partial charge in [-0.15, -0.1) is 0 Å². The number of carbonyl (C=O) groups is 1. The smallest absolute Gasteiger partial charge is 0.220 e. The lowest BCUT2D eigenvalue weighted by atomic mass is 9.97. The van der Waals surface area contributed by atoms with Gasteiger partial charge in [0.15, 0.2) is 12.6 Å². The largest absolute Gasteiger partial charge is 0.394 e. The number of hydrogen-bond acceptors (Lipinski definition) is 13. The molecule has 0 aromatic rings. The number of aliphatic hydroxyl groups excluding tert-OH is 8. The van der Waals surface area contributed by atoms with Crippen LogP contribution in [0.25, 0.3) is 0 Å². The van der Waals surface area contributed by atoms with Gasteiger partial charge in [-0.2, -0.15) is 0 Å². The van der Waals surface area contributed by atoms with Gasteiger partial charge < -0.3 is 65.1 Å². The zero-order valence-electron chi connectivity index (χ0n) is 44.7. The topological polar surface area (TPSA) is 228 Å². The molecule has 0 aromatic carbocycles. The molecule has 14 heteroatoms. The Morgan fingerprint density at radius 3 is 1.51 bits per heavy atom. The van der Waals surface area contributed by atoms with E-state index in [9.17, 15) is 45.6 Å². The van der Waals surface area contributed by atoms with Crippen molar-refractivity contribution in [2.75, 3.05) is 19.8 Å². The standard InChI is InChI=1S/C58H103NO13/c1-3-5-7-9-11-13-14-15-16-17-18-19-20-21-22-23-24-25-26-27-28-29-30-31-32-34-36-38-40-42-50(63)59-46(47(62)41-39-37-35-33-12-10-8-6-4-2)45-69-57-55(68)53(66)56(49(44-61)71-57)72-58-54(67)52(65)51(64)48(43-60)70-58/h4,6,12,14-15,17-18,33,39,41,46-49,51-58,60-62,64-68H,3,5,7-11,13,16,19-32,34-38,40,42-45H2,1-2H3,(H,59,63)/b6-4+,15-14-,18-17-,33-12+,41-39+. The molecule has 12 unspecified atom stereocenters. The van der Waals surface area contributed by atoms with Crippen molar-refractivity contribution >= 4 is 5.91 Å². The molecule has 0 aromatic heterocycles. The normalized spacial score (nSPS) is 26.0. The van der Waals surface area contributed by atoms with E-state index < -0.39 is 86.8 Å². The van der Waals surface area contributed by atoms with Crippen LogP contribution in [0.1, 0.15) is 206 Å². The highest BCUT2D eigenvalue weighted by atomic mass is 16.7. The van der Waals surface area contributed by atoms with Crippen LogP contribution in [0.5, 0.6) is 0 Å². The fourth-order valence-electron chi connectivity index (χ4n) is 9.13. The van der Waals surface area contributed by atoms with E-state index in [1.165, 1.54) is 128 Å². The number of rotatable bonds is 44. The molecule has 2 rings (SSSR count). The van der Waals surface area contributed by atoms with Crippen molar-refractivity contribution in [2.45, 2.75) is 280 Å². The van der Waals surface area contributed by atoms with Gasteiger partial charge in [-0.05, 0) is 71.1 Å². The molecule has 0 saturated carbocycles. The number of allylic oxidation sites excluding steroid dienone is 9. The van der Waals surface area contributed by atoms with Gasteiger partial charge in [0.05, 0.1) is 32.0 Å². The summed E-state index contributed by atoms with van der Waals surface area (Å²) >= 11 is 0. The fourth-order valence-corrected chi connectivity index (χ4v) is 9.13. The molecular formula is C58H103NO13. The van der Waals surface area contributed by atoms with Gasteiger partial charge >= 0.3 is 0 Å². The first-order valence-corrected chi connectivity index (χ1v) is 28.5. The Morgan fingerprint density at radius 1 is 0.528 bits per heavy atom. The van der Waals surface area contributed by atoms with Gasteiger partial charge in [-0.3, -0.25) is 4.79 Å². The van der Waals surface area contributed by atoms with Crippen molar-refractivity contribution in [3.8, 4) is 0 Å². The summed E-state index contributed by atoms with van der Waals surface area (Å²) in [6, 6.07) is -0.936. The number of hydrogen-bond donors (Lipinski definition) is 9. The monoisotopic (exact) mass is 1020 g/mol. The lowest BCUT2D eigenvalue weighted by Crippen LogP contribution is -2.65. The predicted octanol–water partition coefficient (Wildman–Crippen LogP) is 9.00. The third-order valence-corrected chi connectivity index (χ3v) is 13.7. The highest BCUT2D eigenvalue weighted by molar-refractivity contribution is 5.76. The van der Waals surface area contributed by atoms with Crippen LogP contribution < -0.4 is 5.32 Å². The molecule has 1 amide bonds. The molecule has 0 spiro atoms. The summed E-state index contributed by atoms with van der Waals surface area (Å²) in [4.78, 5) is 13.2. The minimum Gasteiger partial charge on any atom is -0.394 e. The first-order valence-electron chi connectivity index (χ1n) is 28.5. The summed E-state index contributed by atoms with van der Waals surface area (Å²) in [7, 11) is 0. The lowest BCUT2D eigenvalue weighted by molar-refractivity contribution is -0.359. The van der Waals surface area contributed by atoms with Gasteiger partial charge in [0.2, 0.25) is 5.91 Å². The molecule has 9 N–H and O–H groups in total. The number of nitrogens with one attached hydrogen (secondary N) is 1. The molecule has 72 heavy (non-hydrogen) atoms. The summed E-state index contributed by atoms with van der Waals surface area (Å²) < 4.78 is 22.6. The molecule has 0 aliphatic carbocycles. The Bertz CT molecular complexity index is 1440. The Kier molecular flexibility index (Phi) is 40.1. The second-order valence-corrected chi connectivity index (χ2v) is 20.1. The molecule has 418 valence electrons. The third-order valence-electron chi connectivity index (χ3n) is 13.7. The van der Waals surface area contributed by atoms with E-state index >= 15 is 0 Å². The minimum absolute atomic E-state index is 0.257. The van der Waals surface area contributed by atoms with Gasteiger partial charge in [0.1, 0.15) is 48.8 Å². The van der Waals surface area contributed by atoms with Crippen molar-refractivity contribution < 1.29 is 64.6 Å². The maximum Gasteiger partial charge on any atom is 0.220 e. The number of unbranched alkanes of at least 4 members (excludes halogenated alkanes) is 24. The second-order valence-electron chi connectivity index (χ2n) is 20.1. The van der Waals surface area contributed by atoms with Crippen LogP contribution in [-0.2, 0) is 23.7 Å². The van der Waals surface area contributed by atoms with Crippen molar-refractivity contribution in [3.63, 3.8) is 0 Å². The predicted molar refractivity (Wildman–Crippen MR) is 286 cm³/mol. The van der Waals surface area contributed by atoms with Crippen LogP contribution in [0.3, 0.4) is 0 Å². The van der Waals surface area contributed by atoms with E-state index in [0.29, 0.717) is 12.8 Å². The van der Waals surface area contributed by atoms with Crippen molar-refractivity contribution in [2.24, 2.45) is 0 Å². The Hall–Kier alpha value is -2.31. The van der Waals surface area contributed by atoms with E-state index in [1.54, 1.807) is 6.08 Å². The van der Waals surface area contributed by atoms with Crippen molar-refractivity contribution in [1.82, 2.24) is 5.32 Å². The van der Waals surface area contributed by atoms with Crippen LogP contribution >= 0.6 is 0 Å². The molecule has 2 aliphatic heterocycles. The zero-order chi connectivity index (χ0) is 52.4. The maximum atomic E-state index is 13.2. The average molecular weight is 1020 g/mol. The van der Waals surface area contributed by atoms with E-state index in [0.717, 1.165) is 44.9 Å². The zero-order valence-corrected chi connectivity index (χ0v) is 44.7. The SMILES string of the molecule is C/C=C/CC/C=C/CC/C=C/C(O)C(COC1OC(CO)C(OC2OC(CO)C(O)C(O)C2O)C(O)C1O)NC(=O)CCCCCCCCCCCCCCCCCCC/C=C\C/C=C\CCCCCCC. The Morgan fingerprint density at radius 2 is 0.986 bits per heavy atom. The van der Waals surface area contributed by atoms with Crippen LogP contribution in [-0.4, -0.2) is 140 Å². The molecule has 2 heterocycles. The number of ether oxygens (including phenoxy) is 4.